The highest BCUT2D eigenvalue weighted by Gasteiger charge is 2.26. The van der Waals surface area contributed by atoms with Gasteiger partial charge < -0.3 is 24.6 Å². The Morgan fingerprint density at radius 1 is 0.674 bits per heavy atom. The fourth-order valence-electron chi connectivity index (χ4n) is 4.80. The number of allylic oxidation sites excluding steroid dienone is 4. The van der Waals surface area contributed by atoms with Crippen LogP contribution in [0.3, 0.4) is 0 Å². The first kappa shape index (κ1) is 44.9. The van der Waals surface area contributed by atoms with E-state index in [9.17, 15) is 19.4 Å². The topological polar surface area (TPSA) is 132 Å². The van der Waals surface area contributed by atoms with Crippen LogP contribution in [0, 0.1) is 0 Å². The van der Waals surface area contributed by atoms with Crippen molar-refractivity contribution < 1.29 is 43.0 Å². The smallest absolute Gasteiger partial charge is 0.457 e. The van der Waals surface area contributed by atoms with Gasteiger partial charge in [0.25, 0.3) is 0 Å². The molecular formula is C36H69O9P. The summed E-state index contributed by atoms with van der Waals surface area (Å²) in [4.78, 5) is 22.4. The van der Waals surface area contributed by atoms with Crippen LogP contribution in [0.4, 0.5) is 0 Å². The number of phosphoric ester groups is 1. The fourth-order valence-corrected chi connectivity index (χ4v) is 5.59. The highest BCUT2D eigenvalue weighted by Crippen LogP contribution is 2.43. The zero-order valence-corrected chi connectivity index (χ0v) is 30.2. The number of unbranched alkanes of at least 4 members (excludes halogenated alkanes) is 17. The molecule has 0 bridgehead atoms. The van der Waals surface area contributed by atoms with Gasteiger partial charge in [0.1, 0.15) is 12.2 Å². The van der Waals surface area contributed by atoms with E-state index in [1.807, 2.05) is 0 Å². The minimum atomic E-state index is -4.51. The molecule has 3 atom stereocenters. The van der Waals surface area contributed by atoms with Crippen LogP contribution in [0.25, 0.3) is 0 Å². The minimum absolute atomic E-state index is 0.0449. The van der Waals surface area contributed by atoms with Crippen molar-refractivity contribution in [1.29, 1.82) is 0 Å². The van der Waals surface area contributed by atoms with Gasteiger partial charge in [0.05, 0.1) is 26.4 Å². The third kappa shape index (κ3) is 32.9. The average Bonchev–Trinajstić information content (AvgIpc) is 3.04. The molecule has 0 aliphatic heterocycles. The summed E-state index contributed by atoms with van der Waals surface area (Å²) in [5, 5.41) is 18.2. The molecule has 10 heteroatoms. The molecule has 272 valence electrons. The first-order chi connectivity index (χ1) is 22.3. The number of esters is 1. The maximum Gasteiger partial charge on any atom is 0.472 e. The van der Waals surface area contributed by atoms with Crippen LogP contribution in [-0.4, -0.2) is 66.3 Å². The first-order valence-corrected chi connectivity index (χ1v) is 19.8. The second kappa shape index (κ2) is 33.8. The van der Waals surface area contributed by atoms with Gasteiger partial charge in [-0.05, 0) is 38.5 Å². The molecule has 0 saturated heterocycles. The molecule has 0 radical (unpaired) electrons. The summed E-state index contributed by atoms with van der Waals surface area (Å²) in [6.45, 7) is 3.41. The average molecular weight is 677 g/mol. The summed E-state index contributed by atoms with van der Waals surface area (Å²) in [5.74, 6) is -0.389. The largest absolute Gasteiger partial charge is 0.472 e. The molecule has 0 aliphatic rings. The van der Waals surface area contributed by atoms with Gasteiger partial charge in [0, 0.05) is 13.0 Å². The number of hydrogen-bond donors (Lipinski definition) is 3. The molecule has 0 aromatic rings. The van der Waals surface area contributed by atoms with Crippen molar-refractivity contribution in [3.8, 4) is 0 Å². The van der Waals surface area contributed by atoms with Crippen LogP contribution in [0.5, 0.6) is 0 Å². The van der Waals surface area contributed by atoms with Crippen LogP contribution in [0.2, 0.25) is 0 Å². The Labute approximate surface area is 281 Å². The van der Waals surface area contributed by atoms with E-state index < -0.39 is 33.2 Å². The Hall–Kier alpha value is -1.06. The fraction of sp³-hybridized carbons (Fsp3) is 0.861. The summed E-state index contributed by atoms with van der Waals surface area (Å²) >= 11 is 0. The SMILES string of the molecule is CCC/C=C\C/C=C\CCCCCCCCOCC(COP(=O)(O)OCC(O)CO)OC(=O)CCCCCCCCCCCCC. The summed E-state index contributed by atoms with van der Waals surface area (Å²) in [7, 11) is -4.51. The standard InChI is InChI=1S/C36H69O9P/c1-3-5-7-9-11-13-15-16-17-19-21-23-25-27-29-42-32-35(33-44-46(40,41)43-31-34(38)30-37)45-36(39)28-26-24-22-20-18-14-12-10-8-6-4-2/h7,9,13,15,34-35,37-38H,3-6,8,10-12,14,16-33H2,1-2H3,(H,40,41)/b9-7-,15-13-. The third-order valence-electron chi connectivity index (χ3n) is 7.62. The quantitative estimate of drug-likeness (QED) is 0.0260. The van der Waals surface area contributed by atoms with Gasteiger partial charge in [-0.1, -0.05) is 134 Å². The van der Waals surface area contributed by atoms with E-state index in [2.05, 4.69) is 38.2 Å². The van der Waals surface area contributed by atoms with Gasteiger partial charge in [-0.25, -0.2) is 4.57 Å². The maximum absolute atomic E-state index is 12.5. The zero-order chi connectivity index (χ0) is 34.0. The third-order valence-corrected chi connectivity index (χ3v) is 8.57. The number of hydrogen-bond acceptors (Lipinski definition) is 8. The number of carbonyl (C=O) groups excluding carboxylic acids is 1. The first-order valence-electron chi connectivity index (χ1n) is 18.3. The number of aliphatic hydroxyl groups is 2. The normalized spacial score (nSPS) is 14.6. The molecule has 0 aromatic carbocycles. The lowest BCUT2D eigenvalue weighted by atomic mass is 10.1. The molecule has 0 aliphatic carbocycles. The lowest BCUT2D eigenvalue weighted by Gasteiger charge is -2.20. The summed E-state index contributed by atoms with van der Waals surface area (Å²) < 4.78 is 33.2. The van der Waals surface area contributed by atoms with E-state index in [4.69, 9.17) is 23.6 Å². The lowest BCUT2D eigenvalue weighted by molar-refractivity contribution is -0.154. The van der Waals surface area contributed by atoms with Gasteiger partial charge in [0.2, 0.25) is 0 Å². The predicted molar refractivity (Wildman–Crippen MR) is 187 cm³/mol. The lowest BCUT2D eigenvalue weighted by Crippen LogP contribution is -2.29. The molecular weight excluding hydrogens is 607 g/mol. The van der Waals surface area contributed by atoms with Gasteiger partial charge >= 0.3 is 13.8 Å². The Bertz CT molecular complexity index is 775. The summed E-state index contributed by atoms with van der Waals surface area (Å²) in [6, 6.07) is 0. The van der Waals surface area contributed by atoms with E-state index in [0.717, 1.165) is 57.8 Å². The number of carbonyl (C=O) groups is 1. The Morgan fingerprint density at radius 2 is 1.22 bits per heavy atom. The molecule has 3 unspecified atom stereocenters. The second-order valence-corrected chi connectivity index (χ2v) is 13.7. The molecule has 0 fully saturated rings. The second-order valence-electron chi connectivity index (χ2n) is 12.2. The van der Waals surface area contributed by atoms with Crippen LogP contribution >= 0.6 is 7.82 Å². The Kier molecular flexibility index (Phi) is 33.0. The van der Waals surface area contributed by atoms with Crippen LogP contribution in [-0.2, 0) is 27.9 Å². The molecule has 0 aromatic heterocycles. The molecule has 3 N–H and O–H groups in total. The Morgan fingerprint density at radius 3 is 1.83 bits per heavy atom. The molecule has 0 amide bonds. The Balaban J connectivity index is 4.26. The van der Waals surface area contributed by atoms with Crippen molar-refractivity contribution in [3.63, 3.8) is 0 Å². The van der Waals surface area contributed by atoms with E-state index in [1.54, 1.807) is 0 Å². The van der Waals surface area contributed by atoms with E-state index in [-0.39, 0.29) is 25.6 Å². The van der Waals surface area contributed by atoms with E-state index >= 15 is 0 Å². The van der Waals surface area contributed by atoms with Crippen LogP contribution < -0.4 is 0 Å². The van der Waals surface area contributed by atoms with E-state index in [0.29, 0.717) is 6.61 Å². The van der Waals surface area contributed by atoms with Gasteiger partial charge in [-0.3, -0.25) is 13.8 Å². The molecule has 0 rings (SSSR count). The van der Waals surface area contributed by atoms with Crippen molar-refractivity contribution in [2.24, 2.45) is 0 Å². The molecule has 0 saturated carbocycles. The monoisotopic (exact) mass is 676 g/mol. The highest BCUT2D eigenvalue weighted by molar-refractivity contribution is 7.47. The maximum atomic E-state index is 12.5. The zero-order valence-electron chi connectivity index (χ0n) is 29.3. The van der Waals surface area contributed by atoms with Gasteiger partial charge in [-0.2, -0.15) is 0 Å². The van der Waals surface area contributed by atoms with Gasteiger partial charge in [0.15, 0.2) is 0 Å². The number of aliphatic hydroxyl groups excluding tert-OH is 2. The number of ether oxygens (including phenoxy) is 2. The predicted octanol–water partition coefficient (Wildman–Crippen LogP) is 9.14. The van der Waals surface area contributed by atoms with Gasteiger partial charge in [-0.15, -0.1) is 0 Å². The van der Waals surface area contributed by atoms with Crippen molar-refractivity contribution >= 4 is 13.8 Å². The van der Waals surface area contributed by atoms with Crippen LogP contribution in [0.15, 0.2) is 24.3 Å². The molecule has 46 heavy (non-hydrogen) atoms. The minimum Gasteiger partial charge on any atom is -0.457 e. The van der Waals surface area contributed by atoms with Crippen molar-refractivity contribution in [1.82, 2.24) is 0 Å². The molecule has 0 heterocycles. The molecule has 0 spiro atoms. The van der Waals surface area contributed by atoms with Crippen molar-refractivity contribution in [2.45, 2.75) is 167 Å². The summed E-state index contributed by atoms with van der Waals surface area (Å²) in [5.41, 5.74) is 0. The highest BCUT2D eigenvalue weighted by atomic mass is 31.2. The summed E-state index contributed by atoms with van der Waals surface area (Å²) in [6.07, 6.45) is 31.3. The number of phosphoric acid groups is 1. The molecule has 9 nitrogen and oxygen atoms in total. The van der Waals surface area contributed by atoms with Crippen LogP contribution in [0.1, 0.15) is 155 Å². The number of rotatable bonds is 35. The van der Waals surface area contributed by atoms with Crippen molar-refractivity contribution in [2.75, 3.05) is 33.0 Å². The van der Waals surface area contributed by atoms with Crippen molar-refractivity contribution in [3.05, 3.63) is 24.3 Å². The van der Waals surface area contributed by atoms with E-state index in [1.165, 1.54) is 77.0 Å².